The molecule has 0 saturated heterocycles. The molecule has 0 aliphatic carbocycles. The molecule has 2 N–H and O–H groups in total. The van der Waals surface area contributed by atoms with Gasteiger partial charge in [-0.2, -0.15) is 0 Å². The Bertz CT molecular complexity index is 881. The molecule has 0 fully saturated rings. The quantitative estimate of drug-likeness (QED) is 0.632. The predicted molar refractivity (Wildman–Crippen MR) is 114 cm³/mol. The summed E-state index contributed by atoms with van der Waals surface area (Å²) in [5.41, 5.74) is 4.27. The van der Waals surface area contributed by atoms with Gasteiger partial charge in [-0.25, -0.2) is 0 Å². The number of benzene rings is 1. The highest BCUT2D eigenvalue weighted by Crippen LogP contribution is 2.32. The normalized spacial score (nSPS) is 11.8. The summed E-state index contributed by atoms with van der Waals surface area (Å²) in [6, 6.07) is 15.7. The van der Waals surface area contributed by atoms with Crippen LogP contribution in [0.2, 0.25) is 0 Å². The number of phenols is 1. The van der Waals surface area contributed by atoms with Gasteiger partial charge in [0.05, 0.1) is 18.0 Å². The maximum atomic E-state index is 10.7. The Morgan fingerprint density at radius 1 is 0.828 bits per heavy atom. The van der Waals surface area contributed by atoms with Crippen LogP contribution in [0, 0.1) is 0 Å². The highest BCUT2D eigenvalue weighted by Gasteiger charge is 2.20. The molecule has 0 saturated carbocycles. The number of pyridine rings is 2. The molecule has 0 aliphatic rings. The van der Waals surface area contributed by atoms with Crippen molar-refractivity contribution in [1.29, 1.82) is 0 Å². The summed E-state index contributed by atoms with van der Waals surface area (Å²) in [7, 11) is 0. The molecule has 0 bridgehead atoms. The summed E-state index contributed by atoms with van der Waals surface area (Å²) in [4.78, 5) is 11.1. The van der Waals surface area contributed by atoms with Crippen molar-refractivity contribution in [3.8, 4) is 5.75 Å². The summed E-state index contributed by atoms with van der Waals surface area (Å²) >= 11 is 0. The van der Waals surface area contributed by atoms with E-state index in [2.05, 4.69) is 35.6 Å². The molecule has 0 spiro atoms. The first-order chi connectivity index (χ1) is 13.9. The number of aliphatic hydroxyl groups excluding tert-OH is 1. The molecular formula is C24H29N3O2. The number of aromatic hydroxyl groups is 1. The molecule has 3 rings (SSSR count). The van der Waals surface area contributed by atoms with E-state index in [0.29, 0.717) is 25.2 Å². The van der Waals surface area contributed by atoms with Crippen LogP contribution < -0.4 is 0 Å². The van der Waals surface area contributed by atoms with Gasteiger partial charge in [-0.1, -0.05) is 39.0 Å². The molecular weight excluding hydrogens is 362 g/mol. The van der Waals surface area contributed by atoms with Gasteiger partial charge in [-0.05, 0) is 41.3 Å². The van der Waals surface area contributed by atoms with Crippen LogP contribution in [0.4, 0.5) is 0 Å². The van der Waals surface area contributed by atoms with Gasteiger partial charge in [-0.15, -0.1) is 0 Å². The summed E-state index contributed by atoms with van der Waals surface area (Å²) in [5.74, 6) is 0.160. The average molecular weight is 392 g/mol. The van der Waals surface area contributed by atoms with Crippen LogP contribution in [0.15, 0.2) is 60.9 Å². The SMILES string of the molecule is CC(C)(C)c1cc(CO)c(O)c(CN(Cc2ccccn2)Cc2ccccn2)c1. The van der Waals surface area contributed by atoms with Crippen molar-refractivity contribution in [3.05, 3.63) is 89.0 Å². The number of nitrogens with zero attached hydrogens (tertiary/aromatic N) is 3. The maximum absolute atomic E-state index is 10.7. The lowest BCUT2D eigenvalue weighted by Crippen LogP contribution is -2.24. The van der Waals surface area contributed by atoms with E-state index in [0.717, 1.165) is 22.5 Å². The molecule has 0 atom stereocenters. The third kappa shape index (κ3) is 5.62. The maximum Gasteiger partial charge on any atom is 0.125 e. The van der Waals surface area contributed by atoms with E-state index in [1.165, 1.54) is 0 Å². The molecule has 29 heavy (non-hydrogen) atoms. The minimum absolute atomic E-state index is 0.0842. The molecule has 0 amide bonds. The Labute approximate surface area is 172 Å². The zero-order chi connectivity index (χ0) is 20.9. The second kappa shape index (κ2) is 9.16. The van der Waals surface area contributed by atoms with Crippen LogP contribution in [0.5, 0.6) is 5.75 Å². The fraction of sp³-hybridized carbons (Fsp3) is 0.333. The highest BCUT2D eigenvalue weighted by atomic mass is 16.3. The van der Waals surface area contributed by atoms with Crippen molar-refractivity contribution in [2.75, 3.05) is 0 Å². The van der Waals surface area contributed by atoms with Crippen molar-refractivity contribution in [2.24, 2.45) is 0 Å². The van der Waals surface area contributed by atoms with E-state index in [9.17, 15) is 10.2 Å². The predicted octanol–water partition coefficient (Wildman–Crippen LogP) is 4.17. The molecule has 5 nitrogen and oxygen atoms in total. The first-order valence-electron chi connectivity index (χ1n) is 9.85. The van der Waals surface area contributed by atoms with Gasteiger partial charge in [0.15, 0.2) is 0 Å². The summed E-state index contributed by atoms with van der Waals surface area (Å²) in [6.45, 7) is 7.98. The van der Waals surface area contributed by atoms with Gasteiger partial charge in [0.2, 0.25) is 0 Å². The molecule has 5 heteroatoms. The van der Waals surface area contributed by atoms with Crippen molar-refractivity contribution in [2.45, 2.75) is 52.4 Å². The van der Waals surface area contributed by atoms with Gasteiger partial charge >= 0.3 is 0 Å². The van der Waals surface area contributed by atoms with E-state index in [1.54, 1.807) is 12.4 Å². The van der Waals surface area contributed by atoms with Crippen LogP contribution in [0.3, 0.4) is 0 Å². The van der Waals surface area contributed by atoms with Crippen LogP contribution in [0.25, 0.3) is 0 Å². The fourth-order valence-corrected chi connectivity index (χ4v) is 3.28. The van der Waals surface area contributed by atoms with Crippen LogP contribution in [0.1, 0.15) is 48.8 Å². The van der Waals surface area contributed by atoms with E-state index in [4.69, 9.17) is 0 Å². The fourth-order valence-electron chi connectivity index (χ4n) is 3.28. The molecule has 0 unspecified atom stereocenters. The van der Waals surface area contributed by atoms with Crippen LogP contribution in [-0.2, 0) is 31.7 Å². The topological polar surface area (TPSA) is 69.5 Å². The minimum atomic E-state index is -0.191. The second-order valence-electron chi connectivity index (χ2n) is 8.34. The smallest absolute Gasteiger partial charge is 0.125 e. The number of aliphatic hydroxyl groups is 1. The molecule has 3 aromatic rings. The van der Waals surface area contributed by atoms with Gasteiger partial charge < -0.3 is 10.2 Å². The van der Waals surface area contributed by atoms with E-state index >= 15 is 0 Å². The van der Waals surface area contributed by atoms with E-state index in [-0.39, 0.29) is 17.8 Å². The standard InChI is InChI=1S/C24H29N3O2/c1-24(2,3)20-12-18(23(29)19(13-20)17-28)14-27(15-21-8-4-6-10-25-21)16-22-9-5-7-11-26-22/h4-13,28-29H,14-17H2,1-3H3. The van der Waals surface area contributed by atoms with Gasteiger partial charge in [-0.3, -0.25) is 14.9 Å². The number of aromatic nitrogens is 2. The van der Waals surface area contributed by atoms with Crippen molar-refractivity contribution < 1.29 is 10.2 Å². The van der Waals surface area contributed by atoms with Gasteiger partial charge in [0, 0.05) is 43.2 Å². The molecule has 152 valence electrons. The minimum Gasteiger partial charge on any atom is -0.507 e. The van der Waals surface area contributed by atoms with Crippen molar-refractivity contribution in [3.63, 3.8) is 0 Å². The Kier molecular flexibility index (Phi) is 6.62. The number of hydrogen-bond acceptors (Lipinski definition) is 5. The van der Waals surface area contributed by atoms with Crippen molar-refractivity contribution in [1.82, 2.24) is 14.9 Å². The molecule has 2 heterocycles. The van der Waals surface area contributed by atoms with E-state index in [1.807, 2.05) is 48.5 Å². The Morgan fingerprint density at radius 2 is 1.38 bits per heavy atom. The summed E-state index contributed by atoms with van der Waals surface area (Å²) in [6.07, 6.45) is 3.58. The zero-order valence-electron chi connectivity index (χ0n) is 17.3. The Balaban J connectivity index is 1.94. The van der Waals surface area contributed by atoms with Crippen LogP contribution in [-0.4, -0.2) is 25.1 Å². The van der Waals surface area contributed by atoms with Gasteiger partial charge in [0.25, 0.3) is 0 Å². The Morgan fingerprint density at radius 3 is 1.83 bits per heavy atom. The average Bonchev–Trinajstić information content (AvgIpc) is 2.70. The third-order valence-corrected chi connectivity index (χ3v) is 4.92. The highest BCUT2D eigenvalue weighted by molar-refractivity contribution is 5.45. The summed E-state index contributed by atoms with van der Waals surface area (Å²) < 4.78 is 0. The number of rotatable bonds is 7. The van der Waals surface area contributed by atoms with Crippen LogP contribution >= 0.6 is 0 Å². The lowest BCUT2D eigenvalue weighted by molar-refractivity contribution is 0.236. The molecule has 0 radical (unpaired) electrons. The first-order valence-corrected chi connectivity index (χ1v) is 9.85. The molecule has 0 aliphatic heterocycles. The second-order valence-corrected chi connectivity index (χ2v) is 8.34. The largest absolute Gasteiger partial charge is 0.507 e. The lowest BCUT2D eigenvalue weighted by atomic mass is 9.84. The van der Waals surface area contributed by atoms with Gasteiger partial charge in [0.1, 0.15) is 5.75 Å². The first kappa shape index (κ1) is 21.0. The molecule has 1 aromatic carbocycles. The molecule has 2 aromatic heterocycles. The zero-order valence-corrected chi connectivity index (χ0v) is 17.3. The monoisotopic (exact) mass is 391 g/mol. The van der Waals surface area contributed by atoms with E-state index < -0.39 is 0 Å². The number of hydrogen-bond donors (Lipinski definition) is 2. The Hall–Kier alpha value is -2.76. The third-order valence-electron chi connectivity index (χ3n) is 4.92. The summed E-state index contributed by atoms with van der Waals surface area (Å²) in [5, 5.41) is 20.5. The van der Waals surface area contributed by atoms with Crippen molar-refractivity contribution >= 4 is 0 Å². The lowest BCUT2D eigenvalue weighted by Gasteiger charge is -2.26.